The van der Waals surface area contributed by atoms with Crippen LogP contribution in [-0.4, -0.2) is 36.7 Å². The van der Waals surface area contributed by atoms with Crippen molar-refractivity contribution in [2.75, 3.05) is 13.7 Å². The Kier molecular flexibility index (Phi) is 12.6. The zero-order valence-electron chi connectivity index (χ0n) is 12.7. The molecule has 0 saturated carbocycles. The summed E-state index contributed by atoms with van der Waals surface area (Å²) in [6, 6.07) is 0. The van der Waals surface area contributed by atoms with Crippen LogP contribution in [-0.2, 0) is 23.9 Å². The van der Waals surface area contributed by atoms with Crippen molar-refractivity contribution in [3.8, 4) is 0 Å². The molecule has 0 radical (unpaired) electrons. The van der Waals surface area contributed by atoms with Gasteiger partial charge in [0.2, 0.25) is 0 Å². The van der Waals surface area contributed by atoms with Crippen molar-refractivity contribution in [3.63, 3.8) is 0 Å². The first-order chi connectivity index (χ1) is 9.76. The van der Waals surface area contributed by atoms with E-state index >= 15 is 0 Å². The Bertz CT molecular complexity index is 420. The lowest BCUT2D eigenvalue weighted by Gasteiger charge is -2.02. The molecule has 0 aromatic rings. The standard InChI is InChI=1S/C10H14O4.C5H8O2/c1-3-4-7-14-10(13)8(2)5-6-9(11)12;1-4(2)5(6)7-3/h5-6H,2-4,7H2,1H3,(H,11,12);1H2,2-3H3. The average Bonchev–Trinajstić information content (AvgIpc) is 2.44. The molecule has 21 heavy (non-hydrogen) atoms. The Labute approximate surface area is 124 Å². The van der Waals surface area contributed by atoms with Crippen LogP contribution in [0, 0.1) is 0 Å². The second kappa shape index (κ2) is 12.7. The minimum Gasteiger partial charge on any atom is -0.478 e. The zero-order chi connectivity index (χ0) is 16.8. The van der Waals surface area contributed by atoms with Crippen LogP contribution in [0.4, 0.5) is 0 Å². The smallest absolute Gasteiger partial charge is 0.337 e. The van der Waals surface area contributed by atoms with Gasteiger partial charge in [0, 0.05) is 11.6 Å². The summed E-state index contributed by atoms with van der Waals surface area (Å²) in [6.07, 6.45) is 3.70. The van der Waals surface area contributed by atoms with Gasteiger partial charge in [0.05, 0.1) is 19.3 Å². The van der Waals surface area contributed by atoms with E-state index in [0.29, 0.717) is 12.2 Å². The minimum absolute atomic E-state index is 0.0449. The highest BCUT2D eigenvalue weighted by Gasteiger charge is 2.04. The summed E-state index contributed by atoms with van der Waals surface area (Å²) < 4.78 is 9.07. The highest BCUT2D eigenvalue weighted by atomic mass is 16.5. The predicted octanol–water partition coefficient (Wildman–Crippen LogP) is 2.26. The van der Waals surface area contributed by atoms with Gasteiger partial charge in [-0.2, -0.15) is 0 Å². The zero-order valence-corrected chi connectivity index (χ0v) is 12.7. The Morgan fingerprint density at radius 1 is 1.14 bits per heavy atom. The lowest BCUT2D eigenvalue weighted by molar-refractivity contribution is -0.138. The van der Waals surface area contributed by atoms with Crippen molar-refractivity contribution in [1.82, 2.24) is 0 Å². The van der Waals surface area contributed by atoms with E-state index < -0.39 is 11.9 Å². The van der Waals surface area contributed by atoms with Gasteiger partial charge in [0.25, 0.3) is 0 Å². The quantitative estimate of drug-likeness (QED) is 0.335. The van der Waals surface area contributed by atoms with Crippen LogP contribution in [0.1, 0.15) is 26.7 Å². The van der Waals surface area contributed by atoms with Gasteiger partial charge in [0.15, 0.2) is 0 Å². The molecule has 0 aromatic carbocycles. The third-order valence-electron chi connectivity index (χ3n) is 1.95. The molecule has 0 bridgehead atoms. The molecule has 0 unspecified atom stereocenters. The molecule has 0 rings (SSSR count). The van der Waals surface area contributed by atoms with Crippen molar-refractivity contribution < 1.29 is 29.0 Å². The van der Waals surface area contributed by atoms with Crippen LogP contribution in [0.25, 0.3) is 0 Å². The van der Waals surface area contributed by atoms with Crippen LogP contribution in [0.15, 0.2) is 36.5 Å². The number of hydrogen-bond acceptors (Lipinski definition) is 5. The maximum Gasteiger partial charge on any atom is 0.337 e. The first-order valence-corrected chi connectivity index (χ1v) is 6.27. The highest BCUT2D eigenvalue weighted by Crippen LogP contribution is 1.98. The predicted molar refractivity (Wildman–Crippen MR) is 78.6 cm³/mol. The fourth-order valence-electron chi connectivity index (χ4n) is 0.816. The number of carbonyl (C=O) groups is 3. The fourth-order valence-corrected chi connectivity index (χ4v) is 0.816. The monoisotopic (exact) mass is 298 g/mol. The molecule has 6 nitrogen and oxygen atoms in total. The molecule has 0 heterocycles. The number of ether oxygens (including phenoxy) is 2. The van der Waals surface area contributed by atoms with E-state index in [1.54, 1.807) is 6.92 Å². The molecule has 0 fully saturated rings. The second-order valence-electron chi connectivity index (χ2n) is 3.96. The minimum atomic E-state index is -1.12. The third kappa shape index (κ3) is 13.9. The van der Waals surface area contributed by atoms with Gasteiger partial charge in [-0.15, -0.1) is 0 Å². The molecule has 0 atom stereocenters. The van der Waals surface area contributed by atoms with E-state index in [1.165, 1.54) is 7.11 Å². The van der Waals surface area contributed by atoms with Crippen LogP contribution < -0.4 is 0 Å². The Hall–Kier alpha value is -2.37. The molecule has 0 aliphatic heterocycles. The van der Waals surface area contributed by atoms with E-state index in [-0.39, 0.29) is 11.5 Å². The molecule has 118 valence electrons. The normalized spacial score (nSPS) is 9.29. The van der Waals surface area contributed by atoms with E-state index in [1.807, 2.05) is 6.92 Å². The van der Waals surface area contributed by atoms with Crippen molar-refractivity contribution in [2.45, 2.75) is 26.7 Å². The Morgan fingerprint density at radius 2 is 1.71 bits per heavy atom. The number of carboxylic acids is 1. The molecule has 0 aromatic heterocycles. The number of methoxy groups -OCH3 is 1. The summed E-state index contributed by atoms with van der Waals surface area (Å²) in [4.78, 5) is 31.4. The van der Waals surface area contributed by atoms with Crippen LogP contribution >= 0.6 is 0 Å². The number of unbranched alkanes of at least 4 members (excludes halogenated alkanes) is 1. The van der Waals surface area contributed by atoms with E-state index in [4.69, 9.17) is 9.84 Å². The lowest BCUT2D eigenvalue weighted by Crippen LogP contribution is -2.07. The van der Waals surface area contributed by atoms with Gasteiger partial charge >= 0.3 is 17.9 Å². The lowest BCUT2D eigenvalue weighted by atomic mass is 10.3. The summed E-state index contributed by atoms with van der Waals surface area (Å²) in [5.41, 5.74) is 0.478. The SMILES string of the molecule is C=C(C)C(=O)OC.C=C(C=CC(=O)O)C(=O)OCCCC. The number of carbonyl (C=O) groups excluding carboxylic acids is 2. The maximum atomic E-state index is 11.1. The third-order valence-corrected chi connectivity index (χ3v) is 1.95. The summed E-state index contributed by atoms with van der Waals surface area (Å²) >= 11 is 0. The molecule has 0 aliphatic carbocycles. The summed E-state index contributed by atoms with van der Waals surface area (Å²) in [5, 5.41) is 8.28. The molecule has 1 N–H and O–H groups in total. The van der Waals surface area contributed by atoms with E-state index in [0.717, 1.165) is 25.0 Å². The first-order valence-electron chi connectivity index (χ1n) is 6.27. The first kappa shape index (κ1) is 20.9. The molecule has 0 amide bonds. The van der Waals surface area contributed by atoms with Gasteiger partial charge < -0.3 is 14.6 Å². The average molecular weight is 298 g/mol. The van der Waals surface area contributed by atoms with Crippen molar-refractivity contribution in [3.05, 3.63) is 36.5 Å². The Balaban J connectivity index is 0. The van der Waals surface area contributed by atoms with Crippen molar-refractivity contribution >= 4 is 17.9 Å². The molecule has 0 spiro atoms. The summed E-state index contributed by atoms with van der Waals surface area (Å²) in [6.45, 7) is 10.7. The summed E-state index contributed by atoms with van der Waals surface area (Å²) in [5.74, 6) is -2.04. The van der Waals surface area contributed by atoms with Crippen molar-refractivity contribution in [2.24, 2.45) is 0 Å². The summed E-state index contributed by atoms with van der Waals surface area (Å²) in [7, 11) is 1.33. The molecular weight excluding hydrogens is 276 g/mol. The second-order valence-corrected chi connectivity index (χ2v) is 3.96. The van der Waals surface area contributed by atoms with Gasteiger partial charge in [-0.05, 0) is 19.4 Å². The molecule has 6 heteroatoms. The van der Waals surface area contributed by atoms with Gasteiger partial charge in [-0.3, -0.25) is 0 Å². The van der Waals surface area contributed by atoms with Gasteiger partial charge in [0.1, 0.15) is 0 Å². The fraction of sp³-hybridized carbons (Fsp3) is 0.400. The molecular formula is C15H22O6. The Morgan fingerprint density at radius 3 is 2.05 bits per heavy atom. The molecule has 0 saturated heterocycles. The number of carboxylic acid groups (broad SMARTS) is 1. The highest BCUT2D eigenvalue weighted by molar-refractivity contribution is 5.93. The maximum absolute atomic E-state index is 11.1. The van der Waals surface area contributed by atoms with Gasteiger partial charge in [-0.1, -0.05) is 26.5 Å². The van der Waals surface area contributed by atoms with E-state index in [9.17, 15) is 14.4 Å². The van der Waals surface area contributed by atoms with Crippen LogP contribution in [0.3, 0.4) is 0 Å². The molecule has 0 aliphatic rings. The number of hydrogen-bond donors (Lipinski definition) is 1. The number of aliphatic carboxylic acids is 1. The van der Waals surface area contributed by atoms with E-state index in [2.05, 4.69) is 17.9 Å². The van der Waals surface area contributed by atoms with Crippen LogP contribution in [0.2, 0.25) is 0 Å². The van der Waals surface area contributed by atoms with Gasteiger partial charge in [-0.25, -0.2) is 14.4 Å². The topological polar surface area (TPSA) is 89.9 Å². The number of rotatable bonds is 7. The van der Waals surface area contributed by atoms with Crippen LogP contribution in [0.5, 0.6) is 0 Å². The number of esters is 2. The largest absolute Gasteiger partial charge is 0.478 e. The van der Waals surface area contributed by atoms with Crippen molar-refractivity contribution in [1.29, 1.82) is 0 Å².